The predicted octanol–water partition coefficient (Wildman–Crippen LogP) is 3.98. The van der Waals surface area contributed by atoms with Crippen LogP contribution in [-0.2, 0) is 9.53 Å². The molecule has 0 heterocycles. The molecule has 0 N–H and O–H groups in total. The van der Waals surface area contributed by atoms with Gasteiger partial charge in [-0.1, -0.05) is 39.5 Å². The summed E-state index contributed by atoms with van der Waals surface area (Å²) in [5.74, 6) is 0.960. The Morgan fingerprint density at radius 1 is 1.35 bits per heavy atom. The summed E-state index contributed by atoms with van der Waals surface area (Å²) in [6.07, 6.45) is 8.90. The van der Waals surface area contributed by atoms with Crippen LogP contribution in [-0.4, -0.2) is 19.5 Å². The summed E-state index contributed by atoms with van der Waals surface area (Å²) in [6.45, 7) is 5.05. The number of rotatable bonds is 8. The van der Waals surface area contributed by atoms with Gasteiger partial charge in [-0.2, -0.15) is 0 Å². The molecule has 0 aliphatic heterocycles. The molecule has 1 aliphatic carbocycles. The van der Waals surface area contributed by atoms with E-state index in [1.165, 1.54) is 32.1 Å². The van der Waals surface area contributed by atoms with Gasteiger partial charge in [0.15, 0.2) is 0 Å². The van der Waals surface area contributed by atoms with E-state index in [2.05, 4.69) is 13.8 Å². The van der Waals surface area contributed by atoms with Crippen LogP contribution in [0.25, 0.3) is 0 Å². The van der Waals surface area contributed by atoms with Gasteiger partial charge in [0.25, 0.3) is 0 Å². The number of unbranched alkanes of at least 4 members (excludes halogenated alkanes) is 3. The fourth-order valence-electron chi connectivity index (χ4n) is 3.17. The fraction of sp³-hybridized carbons (Fsp3) is 0.933. The van der Waals surface area contributed by atoms with Crippen molar-refractivity contribution in [3.05, 3.63) is 0 Å². The molecule has 0 aromatic carbocycles. The molecule has 2 atom stereocenters. The Kier molecular flexibility index (Phi) is 6.18. The predicted molar refractivity (Wildman–Crippen MR) is 71.1 cm³/mol. The summed E-state index contributed by atoms with van der Waals surface area (Å²) in [4.78, 5) is 12.5. The molecule has 0 bridgehead atoms. The normalized spacial score (nSPS) is 28.5. The quantitative estimate of drug-likeness (QED) is 0.600. The van der Waals surface area contributed by atoms with Gasteiger partial charge in [0, 0.05) is 13.5 Å². The van der Waals surface area contributed by atoms with Gasteiger partial charge in [-0.25, -0.2) is 0 Å². The second-order valence-electron chi connectivity index (χ2n) is 5.62. The zero-order valence-electron chi connectivity index (χ0n) is 11.8. The Morgan fingerprint density at radius 3 is 2.65 bits per heavy atom. The molecule has 0 aromatic heterocycles. The second kappa shape index (κ2) is 7.15. The summed E-state index contributed by atoms with van der Waals surface area (Å²) < 4.78 is 5.33. The molecule has 17 heavy (non-hydrogen) atoms. The van der Waals surface area contributed by atoms with E-state index in [0.717, 1.165) is 19.3 Å². The number of Topliss-reactive ketones (excluding diaryl/α,β-unsaturated/α-hetero) is 1. The van der Waals surface area contributed by atoms with Crippen LogP contribution in [0.1, 0.15) is 65.2 Å². The van der Waals surface area contributed by atoms with Crippen LogP contribution < -0.4 is 0 Å². The van der Waals surface area contributed by atoms with Crippen molar-refractivity contribution in [3.63, 3.8) is 0 Å². The molecule has 2 unspecified atom stereocenters. The van der Waals surface area contributed by atoms with Crippen molar-refractivity contribution in [1.29, 1.82) is 0 Å². The van der Waals surface area contributed by atoms with E-state index in [-0.39, 0.29) is 5.41 Å². The molecular formula is C15H28O2. The Labute approximate surface area is 106 Å². The lowest BCUT2D eigenvalue weighted by Crippen LogP contribution is -2.38. The van der Waals surface area contributed by atoms with Gasteiger partial charge in [-0.05, 0) is 25.2 Å². The maximum Gasteiger partial charge on any atom is 0.141 e. The molecule has 1 fully saturated rings. The van der Waals surface area contributed by atoms with E-state index in [1.807, 2.05) is 0 Å². The third-order valence-electron chi connectivity index (χ3n) is 4.42. The Morgan fingerprint density at radius 2 is 2.12 bits per heavy atom. The third-order valence-corrected chi connectivity index (χ3v) is 4.42. The molecule has 0 saturated heterocycles. The zero-order chi connectivity index (χ0) is 12.7. The van der Waals surface area contributed by atoms with Crippen LogP contribution in [0.5, 0.6) is 0 Å². The van der Waals surface area contributed by atoms with Gasteiger partial charge in [0.1, 0.15) is 5.78 Å². The van der Waals surface area contributed by atoms with Crippen molar-refractivity contribution in [2.75, 3.05) is 13.7 Å². The van der Waals surface area contributed by atoms with E-state index in [4.69, 9.17) is 4.74 Å². The van der Waals surface area contributed by atoms with E-state index >= 15 is 0 Å². The number of hydrogen-bond acceptors (Lipinski definition) is 2. The number of ketones is 1. The molecular weight excluding hydrogens is 212 g/mol. The van der Waals surface area contributed by atoms with Crippen molar-refractivity contribution >= 4 is 5.78 Å². The van der Waals surface area contributed by atoms with E-state index in [1.54, 1.807) is 7.11 Å². The topological polar surface area (TPSA) is 26.3 Å². The van der Waals surface area contributed by atoms with Crippen molar-refractivity contribution in [3.8, 4) is 0 Å². The van der Waals surface area contributed by atoms with Crippen LogP contribution in [0.3, 0.4) is 0 Å². The second-order valence-corrected chi connectivity index (χ2v) is 5.62. The number of carbonyl (C=O) groups excluding carboxylic acids is 1. The molecule has 1 rings (SSSR count). The summed E-state index contributed by atoms with van der Waals surface area (Å²) in [7, 11) is 1.72. The number of ether oxygens (including phenoxy) is 1. The molecule has 1 aliphatic rings. The van der Waals surface area contributed by atoms with Crippen LogP contribution in [0.2, 0.25) is 0 Å². The van der Waals surface area contributed by atoms with Crippen molar-refractivity contribution < 1.29 is 9.53 Å². The summed E-state index contributed by atoms with van der Waals surface area (Å²) >= 11 is 0. The first-order valence-corrected chi connectivity index (χ1v) is 7.19. The standard InChI is InChI=1S/C15H28O2/c1-4-5-6-7-10-14(16)15(12-17-3)11-8-9-13(15)2/h13H,4-12H2,1-3H3. The zero-order valence-corrected chi connectivity index (χ0v) is 11.8. The van der Waals surface area contributed by atoms with Crippen LogP contribution in [0.4, 0.5) is 0 Å². The van der Waals surface area contributed by atoms with Gasteiger partial charge >= 0.3 is 0 Å². The Balaban J connectivity index is 2.49. The number of carbonyl (C=O) groups is 1. The molecule has 2 nitrogen and oxygen atoms in total. The number of methoxy groups -OCH3 is 1. The third kappa shape index (κ3) is 3.54. The average molecular weight is 240 g/mol. The van der Waals surface area contributed by atoms with E-state index in [0.29, 0.717) is 18.3 Å². The molecule has 0 radical (unpaired) electrons. The van der Waals surface area contributed by atoms with Crippen LogP contribution >= 0.6 is 0 Å². The molecule has 100 valence electrons. The molecule has 0 spiro atoms. The first-order chi connectivity index (χ1) is 8.17. The highest BCUT2D eigenvalue weighted by Crippen LogP contribution is 2.45. The lowest BCUT2D eigenvalue weighted by atomic mass is 9.74. The van der Waals surface area contributed by atoms with Gasteiger partial charge in [-0.15, -0.1) is 0 Å². The summed E-state index contributed by atoms with van der Waals surface area (Å²) in [5.41, 5.74) is -0.152. The van der Waals surface area contributed by atoms with Crippen molar-refractivity contribution in [2.24, 2.45) is 11.3 Å². The summed E-state index contributed by atoms with van der Waals surface area (Å²) in [6, 6.07) is 0. The van der Waals surface area contributed by atoms with Crippen LogP contribution in [0.15, 0.2) is 0 Å². The summed E-state index contributed by atoms with van der Waals surface area (Å²) in [5, 5.41) is 0. The van der Waals surface area contributed by atoms with Crippen molar-refractivity contribution in [1.82, 2.24) is 0 Å². The van der Waals surface area contributed by atoms with Gasteiger partial charge in [-0.3, -0.25) is 4.79 Å². The maximum absolute atomic E-state index is 12.5. The Bertz CT molecular complexity index is 237. The first kappa shape index (κ1) is 14.7. The average Bonchev–Trinajstić information content (AvgIpc) is 2.68. The highest BCUT2D eigenvalue weighted by Gasteiger charge is 2.45. The minimum Gasteiger partial charge on any atom is -0.384 e. The minimum absolute atomic E-state index is 0.152. The minimum atomic E-state index is -0.152. The highest BCUT2D eigenvalue weighted by atomic mass is 16.5. The van der Waals surface area contributed by atoms with Gasteiger partial charge in [0.05, 0.1) is 12.0 Å². The largest absolute Gasteiger partial charge is 0.384 e. The SMILES string of the molecule is CCCCCCC(=O)C1(COC)CCCC1C. The lowest BCUT2D eigenvalue weighted by molar-refractivity contribution is -0.134. The van der Waals surface area contributed by atoms with E-state index < -0.39 is 0 Å². The molecule has 2 heteroatoms. The molecule has 0 aromatic rings. The number of hydrogen-bond donors (Lipinski definition) is 0. The van der Waals surface area contributed by atoms with Gasteiger partial charge in [0.2, 0.25) is 0 Å². The molecule has 1 saturated carbocycles. The first-order valence-electron chi connectivity index (χ1n) is 7.19. The van der Waals surface area contributed by atoms with Crippen molar-refractivity contribution in [2.45, 2.75) is 65.2 Å². The monoisotopic (exact) mass is 240 g/mol. The maximum atomic E-state index is 12.5. The fourth-order valence-corrected chi connectivity index (χ4v) is 3.17. The smallest absolute Gasteiger partial charge is 0.141 e. The molecule has 0 amide bonds. The Hall–Kier alpha value is -0.370. The van der Waals surface area contributed by atoms with Gasteiger partial charge < -0.3 is 4.74 Å². The highest BCUT2D eigenvalue weighted by molar-refractivity contribution is 5.85. The van der Waals surface area contributed by atoms with E-state index in [9.17, 15) is 4.79 Å². The van der Waals surface area contributed by atoms with Crippen LogP contribution in [0, 0.1) is 11.3 Å². The lowest BCUT2D eigenvalue weighted by Gasteiger charge is -2.31.